The van der Waals surface area contributed by atoms with Crippen LogP contribution in [0.4, 0.5) is 0 Å². The quantitative estimate of drug-likeness (QED) is 0.718. The fourth-order valence-electron chi connectivity index (χ4n) is 2.75. The molecule has 0 saturated carbocycles. The number of hydrogen-bond acceptors (Lipinski definition) is 3. The van der Waals surface area contributed by atoms with Crippen LogP contribution in [-0.4, -0.2) is 16.7 Å². The Labute approximate surface area is 135 Å². The molecular formula is C19H20N2O2. The second kappa shape index (κ2) is 6.65. The predicted molar refractivity (Wildman–Crippen MR) is 92.9 cm³/mol. The Bertz CT molecular complexity index is 867. The van der Waals surface area contributed by atoms with Gasteiger partial charge in [0.25, 0.3) is 5.56 Å². The molecule has 0 spiro atoms. The summed E-state index contributed by atoms with van der Waals surface area (Å²) in [5.41, 5.74) is 2.65. The summed E-state index contributed by atoms with van der Waals surface area (Å²) in [6, 6.07) is 13.4. The number of nitrogens with zero attached hydrogens (tertiary/aromatic N) is 2. The van der Waals surface area contributed by atoms with E-state index >= 15 is 0 Å². The van der Waals surface area contributed by atoms with Crippen LogP contribution in [0.15, 0.2) is 53.5 Å². The van der Waals surface area contributed by atoms with Gasteiger partial charge in [0.05, 0.1) is 7.11 Å². The number of aromatic nitrogens is 2. The molecule has 0 fully saturated rings. The van der Waals surface area contributed by atoms with Crippen molar-refractivity contribution in [2.24, 2.45) is 0 Å². The normalized spacial score (nSPS) is 10.9. The van der Waals surface area contributed by atoms with E-state index in [4.69, 9.17) is 4.74 Å². The molecule has 4 nitrogen and oxygen atoms in total. The molecule has 0 bridgehead atoms. The zero-order valence-electron chi connectivity index (χ0n) is 13.5. The lowest BCUT2D eigenvalue weighted by Crippen LogP contribution is -2.21. The van der Waals surface area contributed by atoms with E-state index < -0.39 is 0 Å². The van der Waals surface area contributed by atoms with Crippen LogP contribution in [0.25, 0.3) is 22.2 Å². The monoisotopic (exact) mass is 308 g/mol. The molecule has 0 aliphatic heterocycles. The molecule has 0 N–H and O–H groups in total. The molecule has 0 radical (unpaired) electrons. The molecule has 1 aromatic carbocycles. The molecule has 0 unspecified atom stereocenters. The zero-order valence-corrected chi connectivity index (χ0v) is 13.5. The van der Waals surface area contributed by atoms with Crippen molar-refractivity contribution in [3.8, 4) is 16.9 Å². The summed E-state index contributed by atoms with van der Waals surface area (Å²) in [5, 5.41) is 0.994. The van der Waals surface area contributed by atoms with Gasteiger partial charge in [-0.3, -0.25) is 9.36 Å². The number of pyridine rings is 2. The van der Waals surface area contributed by atoms with E-state index in [1.807, 2.05) is 36.4 Å². The standard InChI is InChI=1S/C19H20N2O2/c1-3-4-12-21-18(22)13-17(16-6-5-11-20-19(16)21)14-7-9-15(23-2)10-8-14/h5-11,13H,3-4,12H2,1-2H3. The molecule has 23 heavy (non-hydrogen) atoms. The third kappa shape index (κ3) is 2.97. The van der Waals surface area contributed by atoms with Gasteiger partial charge in [0, 0.05) is 24.2 Å². The van der Waals surface area contributed by atoms with Crippen LogP contribution < -0.4 is 10.3 Å². The lowest BCUT2D eigenvalue weighted by molar-refractivity contribution is 0.415. The van der Waals surface area contributed by atoms with Gasteiger partial charge in [-0.25, -0.2) is 4.98 Å². The van der Waals surface area contributed by atoms with E-state index in [9.17, 15) is 4.79 Å². The third-order valence-electron chi connectivity index (χ3n) is 4.00. The average Bonchev–Trinajstić information content (AvgIpc) is 2.60. The van der Waals surface area contributed by atoms with Crippen molar-refractivity contribution in [2.75, 3.05) is 7.11 Å². The molecular weight excluding hydrogens is 288 g/mol. The number of rotatable bonds is 5. The number of ether oxygens (including phenoxy) is 1. The maximum absolute atomic E-state index is 12.6. The van der Waals surface area contributed by atoms with Crippen molar-refractivity contribution in [1.29, 1.82) is 0 Å². The number of hydrogen-bond donors (Lipinski definition) is 0. The number of unbranched alkanes of at least 4 members (excludes halogenated alkanes) is 1. The van der Waals surface area contributed by atoms with Gasteiger partial charge in [-0.15, -0.1) is 0 Å². The van der Waals surface area contributed by atoms with Crippen molar-refractivity contribution in [3.63, 3.8) is 0 Å². The zero-order chi connectivity index (χ0) is 16.2. The van der Waals surface area contributed by atoms with Crippen molar-refractivity contribution < 1.29 is 4.74 Å². The van der Waals surface area contributed by atoms with Crippen LogP contribution in [0.5, 0.6) is 5.75 Å². The van der Waals surface area contributed by atoms with E-state index in [1.165, 1.54) is 0 Å². The van der Waals surface area contributed by atoms with Gasteiger partial charge in [-0.1, -0.05) is 25.5 Å². The summed E-state index contributed by atoms with van der Waals surface area (Å²) in [6.07, 6.45) is 3.75. The van der Waals surface area contributed by atoms with Gasteiger partial charge in [-0.2, -0.15) is 0 Å². The summed E-state index contributed by atoms with van der Waals surface area (Å²) in [5.74, 6) is 0.799. The maximum Gasteiger partial charge on any atom is 0.252 e. The Morgan fingerprint density at radius 1 is 1.17 bits per heavy atom. The molecule has 118 valence electrons. The molecule has 0 amide bonds. The Morgan fingerprint density at radius 3 is 2.65 bits per heavy atom. The van der Waals surface area contributed by atoms with Gasteiger partial charge < -0.3 is 4.74 Å². The van der Waals surface area contributed by atoms with E-state index in [0.29, 0.717) is 6.54 Å². The van der Waals surface area contributed by atoms with Gasteiger partial charge in [0.1, 0.15) is 11.4 Å². The summed E-state index contributed by atoms with van der Waals surface area (Å²) >= 11 is 0. The van der Waals surface area contributed by atoms with Crippen LogP contribution in [0.1, 0.15) is 19.8 Å². The Balaban J connectivity index is 2.19. The highest BCUT2D eigenvalue weighted by atomic mass is 16.5. The first kappa shape index (κ1) is 15.3. The van der Waals surface area contributed by atoms with Gasteiger partial charge in [0.2, 0.25) is 0 Å². The summed E-state index contributed by atoms with van der Waals surface area (Å²) < 4.78 is 6.97. The fraction of sp³-hybridized carbons (Fsp3) is 0.263. The van der Waals surface area contributed by atoms with Crippen LogP contribution in [-0.2, 0) is 6.54 Å². The van der Waals surface area contributed by atoms with Gasteiger partial charge in [-0.05, 0) is 41.8 Å². The maximum atomic E-state index is 12.6. The summed E-state index contributed by atoms with van der Waals surface area (Å²) in [6.45, 7) is 2.82. The van der Waals surface area contributed by atoms with Crippen molar-refractivity contribution >= 4 is 11.0 Å². The molecule has 0 aliphatic rings. The van der Waals surface area contributed by atoms with Gasteiger partial charge >= 0.3 is 0 Å². The van der Waals surface area contributed by atoms with Crippen molar-refractivity contribution in [1.82, 2.24) is 9.55 Å². The number of methoxy groups -OCH3 is 1. The third-order valence-corrected chi connectivity index (χ3v) is 4.00. The minimum atomic E-state index is -0.00420. The molecule has 0 saturated heterocycles. The highest BCUT2D eigenvalue weighted by Crippen LogP contribution is 2.27. The minimum Gasteiger partial charge on any atom is -0.497 e. The Hall–Kier alpha value is -2.62. The SMILES string of the molecule is CCCCn1c(=O)cc(-c2ccc(OC)cc2)c2cccnc21. The topological polar surface area (TPSA) is 44.1 Å². The summed E-state index contributed by atoms with van der Waals surface area (Å²) in [4.78, 5) is 17.0. The lowest BCUT2D eigenvalue weighted by Gasteiger charge is -2.12. The molecule has 3 rings (SSSR count). The number of fused-ring (bicyclic) bond motifs is 1. The predicted octanol–water partition coefficient (Wildman–Crippen LogP) is 3.87. The first-order valence-electron chi connectivity index (χ1n) is 7.87. The fourth-order valence-corrected chi connectivity index (χ4v) is 2.75. The number of benzene rings is 1. The van der Waals surface area contributed by atoms with Crippen LogP contribution in [0.3, 0.4) is 0 Å². The largest absolute Gasteiger partial charge is 0.497 e. The molecule has 3 aromatic rings. The Morgan fingerprint density at radius 2 is 1.96 bits per heavy atom. The first-order valence-corrected chi connectivity index (χ1v) is 7.87. The van der Waals surface area contributed by atoms with Crippen LogP contribution in [0, 0.1) is 0 Å². The second-order valence-electron chi connectivity index (χ2n) is 5.50. The lowest BCUT2D eigenvalue weighted by atomic mass is 10.0. The smallest absolute Gasteiger partial charge is 0.252 e. The minimum absolute atomic E-state index is 0.00420. The Kier molecular flexibility index (Phi) is 4.42. The summed E-state index contributed by atoms with van der Waals surface area (Å²) in [7, 11) is 1.64. The van der Waals surface area contributed by atoms with E-state index in [2.05, 4.69) is 11.9 Å². The number of aryl methyl sites for hydroxylation is 1. The van der Waals surface area contributed by atoms with Crippen LogP contribution in [0.2, 0.25) is 0 Å². The van der Waals surface area contributed by atoms with Crippen molar-refractivity contribution in [2.45, 2.75) is 26.3 Å². The van der Waals surface area contributed by atoms with E-state index in [1.54, 1.807) is 23.9 Å². The molecule has 2 aromatic heterocycles. The molecule has 0 aliphatic carbocycles. The highest BCUT2D eigenvalue weighted by molar-refractivity contribution is 5.92. The molecule has 0 atom stereocenters. The highest BCUT2D eigenvalue weighted by Gasteiger charge is 2.11. The van der Waals surface area contributed by atoms with E-state index in [-0.39, 0.29) is 5.56 Å². The molecule has 4 heteroatoms. The van der Waals surface area contributed by atoms with E-state index in [0.717, 1.165) is 40.8 Å². The van der Waals surface area contributed by atoms with Crippen LogP contribution >= 0.6 is 0 Å². The average molecular weight is 308 g/mol. The van der Waals surface area contributed by atoms with Gasteiger partial charge in [0.15, 0.2) is 0 Å². The first-order chi connectivity index (χ1) is 11.2. The van der Waals surface area contributed by atoms with Crippen molar-refractivity contribution in [3.05, 3.63) is 59.0 Å². The second-order valence-corrected chi connectivity index (χ2v) is 5.50. The molecule has 2 heterocycles.